The number of hydrogen-bond donors (Lipinski definition) is 2. The molecule has 0 unspecified atom stereocenters. The molecule has 1 fully saturated rings. The molecule has 2 aromatic rings. The number of benzene rings is 1. The van der Waals surface area contributed by atoms with Crippen LogP contribution < -0.4 is 17.0 Å². The van der Waals surface area contributed by atoms with E-state index in [9.17, 15) is 14.4 Å². The van der Waals surface area contributed by atoms with Gasteiger partial charge in [0.05, 0.1) is 10.9 Å². The fourth-order valence-electron chi connectivity index (χ4n) is 3.25. The van der Waals surface area contributed by atoms with Crippen molar-refractivity contribution in [1.29, 1.82) is 0 Å². The number of piperidine rings is 1. The maximum absolute atomic E-state index is 12.4. The monoisotopic (exact) mass is 366 g/mol. The number of rotatable bonds is 4. The Kier molecular flexibility index (Phi) is 6.39. The van der Waals surface area contributed by atoms with Crippen LogP contribution in [-0.4, -0.2) is 40.0 Å². The summed E-state index contributed by atoms with van der Waals surface area (Å²) < 4.78 is 1.46. The van der Waals surface area contributed by atoms with E-state index in [1.54, 1.807) is 24.3 Å². The summed E-state index contributed by atoms with van der Waals surface area (Å²) in [5.41, 5.74) is 5.35. The smallest absolute Gasteiger partial charge is 0.328 e. The number of nitrogens with two attached hydrogens (primary N) is 1. The quantitative estimate of drug-likeness (QED) is 0.831. The standard InChI is InChI=1S/C17H22N4O3.ClH/c18-11-12-5-8-20(9-6-12)15(22)7-10-21-14-4-2-1-3-13(14)16(23)19-17(21)24;/h1-4,12H,5-11,18H2,(H,19,23,24);1H. The topological polar surface area (TPSA) is 101 Å². The van der Waals surface area contributed by atoms with Gasteiger partial charge in [-0.3, -0.25) is 19.1 Å². The van der Waals surface area contributed by atoms with Crippen LogP contribution in [0.2, 0.25) is 0 Å². The summed E-state index contributed by atoms with van der Waals surface area (Å²) in [6.07, 6.45) is 2.11. The molecule has 1 saturated heterocycles. The van der Waals surface area contributed by atoms with Crippen LogP contribution >= 0.6 is 12.4 Å². The summed E-state index contributed by atoms with van der Waals surface area (Å²) in [5.74, 6) is 0.535. The molecular formula is C17H23ClN4O3. The second-order valence-corrected chi connectivity index (χ2v) is 6.24. The van der Waals surface area contributed by atoms with Crippen LogP contribution in [0.5, 0.6) is 0 Å². The molecule has 1 aliphatic heterocycles. The van der Waals surface area contributed by atoms with Gasteiger partial charge < -0.3 is 10.6 Å². The number of aromatic nitrogens is 2. The van der Waals surface area contributed by atoms with Crippen LogP contribution in [-0.2, 0) is 11.3 Å². The maximum Gasteiger partial charge on any atom is 0.328 e. The second-order valence-electron chi connectivity index (χ2n) is 6.24. The zero-order valence-corrected chi connectivity index (χ0v) is 14.8. The number of nitrogens with zero attached hydrogens (tertiary/aromatic N) is 2. The van der Waals surface area contributed by atoms with E-state index in [1.165, 1.54) is 4.57 Å². The summed E-state index contributed by atoms with van der Waals surface area (Å²) in [7, 11) is 0. The highest BCUT2D eigenvalue weighted by atomic mass is 35.5. The van der Waals surface area contributed by atoms with Crippen molar-refractivity contribution in [3.63, 3.8) is 0 Å². The molecule has 0 saturated carbocycles. The van der Waals surface area contributed by atoms with Crippen molar-refractivity contribution in [3.05, 3.63) is 45.1 Å². The molecule has 1 amide bonds. The van der Waals surface area contributed by atoms with E-state index in [0.717, 1.165) is 25.9 Å². The van der Waals surface area contributed by atoms with Crippen molar-refractivity contribution in [1.82, 2.24) is 14.5 Å². The number of amides is 1. The lowest BCUT2D eigenvalue weighted by atomic mass is 9.97. The summed E-state index contributed by atoms with van der Waals surface area (Å²) in [6.45, 7) is 2.37. The molecule has 7 nitrogen and oxygen atoms in total. The minimum Gasteiger partial charge on any atom is -0.343 e. The van der Waals surface area contributed by atoms with Gasteiger partial charge in [-0.2, -0.15) is 0 Å². The predicted molar refractivity (Wildman–Crippen MR) is 99.1 cm³/mol. The number of nitrogens with one attached hydrogen (secondary N) is 1. The van der Waals surface area contributed by atoms with Crippen LogP contribution in [0.15, 0.2) is 33.9 Å². The van der Waals surface area contributed by atoms with Crippen LogP contribution in [0, 0.1) is 5.92 Å². The molecule has 1 aromatic carbocycles. The Labute approximate surface area is 151 Å². The third-order valence-electron chi connectivity index (χ3n) is 4.75. The highest BCUT2D eigenvalue weighted by molar-refractivity contribution is 5.85. The molecule has 2 heterocycles. The van der Waals surface area contributed by atoms with Crippen molar-refractivity contribution in [2.45, 2.75) is 25.8 Å². The van der Waals surface area contributed by atoms with E-state index >= 15 is 0 Å². The van der Waals surface area contributed by atoms with Gasteiger partial charge in [0.1, 0.15) is 0 Å². The Hall–Kier alpha value is -2.12. The SMILES string of the molecule is Cl.NCC1CCN(C(=O)CCn2c(=O)[nH]c(=O)c3ccccc32)CC1. The van der Waals surface area contributed by atoms with Gasteiger partial charge in [0, 0.05) is 26.1 Å². The van der Waals surface area contributed by atoms with E-state index in [0.29, 0.717) is 23.4 Å². The van der Waals surface area contributed by atoms with Crippen molar-refractivity contribution in [2.75, 3.05) is 19.6 Å². The number of halogens is 1. The molecule has 3 rings (SSSR count). The minimum atomic E-state index is -0.478. The number of para-hydroxylation sites is 1. The third-order valence-corrected chi connectivity index (χ3v) is 4.75. The van der Waals surface area contributed by atoms with Gasteiger partial charge in [-0.05, 0) is 37.4 Å². The van der Waals surface area contributed by atoms with Crippen molar-refractivity contribution in [3.8, 4) is 0 Å². The largest absolute Gasteiger partial charge is 0.343 e. The van der Waals surface area contributed by atoms with E-state index in [2.05, 4.69) is 4.98 Å². The normalized spacial score (nSPS) is 15.2. The lowest BCUT2D eigenvalue weighted by Gasteiger charge is -2.31. The summed E-state index contributed by atoms with van der Waals surface area (Å²) in [6, 6.07) is 6.92. The van der Waals surface area contributed by atoms with E-state index in [1.807, 2.05) is 4.90 Å². The number of fused-ring (bicyclic) bond motifs is 1. The van der Waals surface area contributed by atoms with Crippen molar-refractivity contribution < 1.29 is 4.79 Å². The average molecular weight is 367 g/mol. The highest BCUT2D eigenvalue weighted by Gasteiger charge is 2.21. The number of H-pyrrole nitrogens is 1. The van der Waals surface area contributed by atoms with Gasteiger partial charge in [-0.25, -0.2) is 4.79 Å². The lowest BCUT2D eigenvalue weighted by molar-refractivity contribution is -0.132. The van der Waals surface area contributed by atoms with Gasteiger partial charge in [-0.15, -0.1) is 12.4 Å². The molecular weight excluding hydrogens is 344 g/mol. The average Bonchev–Trinajstić information content (AvgIpc) is 2.61. The third kappa shape index (κ3) is 4.11. The number of aromatic amines is 1. The first-order chi connectivity index (χ1) is 11.6. The minimum absolute atomic E-state index is 0. The summed E-state index contributed by atoms with van der Waals surface area (Å²) >= 11 is 0. The Morgan fingerprint density at radius 2 is 1.88 bits per heavy atom. The fraction of sp³-hybridized carbons (Fsp3) is 0.471. The van der Waals surface area contributed by atoms with Gasteiger partial charge in [0.2, 0.25) is 5.91 Å². The summed E-state index contributed by atoms with van der Waals surface area (Å²) in [5, 5.41) is 0.452. The van der Waals surface area contributed by atoms with E-state index < -0.39 is 11.2 Å². The van der Waals surface area contributed by atoms with Crippen LogP contribution in [0.4, 0.5) is 0 Å². The number of carbonyl (C=O) groups excluding carboxylic acids is 1. The molecule has 8 heteroatoms. The van der Waals surface area contributed by atoms with E-state index in [-0.39, 0.29) is 31.3 Å². The first-order valence-electron chi connectivity index (χ1n) is 8.30. The van der Waals surface area contributed by atoms with Gasteiger partial charge >= 0.3 is 5.69 Å². The maximum atomic E-state index is 12.4. The van der Waals surface area contributed by atoms with Crippen LogP contribution in [0.1, 0.15) is 19.3 Å². The second kappa shape index (κ2) is 8.31. The first-order valence-corrected chi connectivity index (χ1v) is 8.30. The lowest BCUT2D eigenvalue weighted by Crippen LogP contribution is -2.41. The highest BCUT2D eigenvalue weighted by Crippen LogP contribution is 2.16. The predicted octanol–water partition coefficient (Wildman–Crippen LogP) is 0.699. The molecule has 0 spiro atoms. The van der Waals surface area contributed by atoms with Crippen LogP contribution in [0.3, 0.4) is 0 Å². The Morgan fingerprint density at radius 1 is 1.20 bits per heavy atom. The van der Waals surface area contributed by atoms with E-state index in [4.69, 9.17) is 5.73 Å². The molecule has 136 valence electrons. The van der Waals surface area contributed by atoms with Crippen molar-refractivity contribution >= 4 is 29.2 Å². The Balaban J connectivity index is 0.00000225. The molecule has 3 N–H and O–H groups in total. The Morgan fingerprint density at radius 3 is 2.56 bits per heavy atom. The molecule has 1 aliphatic rings. The van der Waals surface area contributed by atoms with Crippen molar-refractivity contribution in [2.24, 2.45) is 11.7 Å². The van der Waals surface area contributed by atoms with Gasteiger partial charge in [0.25, 0.3) is 5.56 Å². The molecule has 0 atom stereocenters. The zero-order chi connectivity index (χ0) is 17.1. The molecule has 0 radical (unpaired) electrons. The van der Waals surface area contributed by atoms with Gasteiger partial charge in [0.15, 0.2) is 0 Å². The van der Waals surface area contributed by atoms with Crippen LogP contribution in [0.25, 0.3) is 10.9 Å². The first kappa shape index (κ1) is 19.2. The Bertz CT molecular complexity index is 853. The number of hydrogen-bond acceptors (Lipinski definition) is 4. The number of carbonyl (C=O) groups is 1. The number of likely N-dealkylation sites (tertiary alicyclic amines) is 1. The number of aryl methyl sites for hydroxylation is 1. The zero-order valence-electron chi connectivity index (χ0n) is 13.9. The molecule has 25 heavy (non-hydrogen) atoms. The molecule has 1 aromatic heterocycles. The van der Waals surface area contributed by atoms with Gasteiger partial charge in [-0.1, -0.05) is 12.1 Å². The molecule has 0 bridgehead atoms. The summed E-state index contributed by atoms with van der Waals surface area (Å²) in [4.78, 5) is 40.5. The molecule has 0 aliphatic carbocycles. The fourth-order valence-corrected chi connectivity index (χ4v) is 3.25.